The predicted molar refractivity (Wildman–Crippen MR) is 88.6 cm³/mol. The van der Waals surface area contributed by atoms with E-state index in [9.17, 15) is 10.1 Å². The van der Waals surface area contributed by atoms with Gasteiger partial charge in [-0.05, 0) is 44.9 Å². The molecule has 7 heteroatoms. The van der Waals surface area contributed by atoms with Crippen LogP contribution >= 0.6 is 0 Å². The van der Waals surface area contributed by atoms with Gasteiger partial charge in [0.2, 0.25) is 0 Å². The molecule has 2 N–H and O–H groups in total. The van der Waals surface area contributed by atoms with E-state index in [0.717, 1.165) is 25.9 Å². The number of pyridine rings is 1. The molecule has 1 fully saturated rings. The first-order chi connectivity index (χ1) is 11.0. The lowest BCUT2D eigenvalue weighted by molar-refractivity contribution is -0.0197. The number of aromatic nitrogens is 3. The van der Waals surface area contributed by atoms with Crippen LogP contribution in [0.5, 0.6) is 0 Å². The van der Waals surface area contributed by atoms with Crippen LogP contribution in [0.1, 0.15) is 24.4 Å². The maximum Gasteiger partial charge on any atom is 0.376 e. The van der Waals surface area contributed by atoms with Gasteiger partial charge in [0.05, 0.1) is 5.69 Å². The summed E-state index contributed by atoms with van der Waals surface area (Å²) in [5.41, 5.74) is -0.589. The van der Waals surface area contributed by atoms with Crippen molar-refractivity contribution in [3.8, 4) is 0 Å². The summed E-state index contributed by atoms with van der Waals surface area (Å²) in [6.45, 7) is 3.29. The SMILES string of the molecule is CB(O)N1CCC(C(O)(c2ccccn2)c2nccn2C)CC1. The molecule has 122 valence electrons. The third kappa shape index (κ3) is 2.92. The number of piperidine rings is 1. The van der Waals surface area contributed by atoms with Crippen LogP contribution in [-0.2, 0) is 12.6 Å². The zero-order valence-corrected chi connectivity index (χ0v) is 13.6. The van der Waals surface area contributed by atoms with E-state index < -0.39 is 12.7 Å². The van der Waals surface area contributed by atoms with E-state index in [1.54, 1.807) is 19.2 Å². The summed E-state index contributed by atoms with van der Waals surface area (Å²) in [6.07, 6.45) is 6.81. The minimum atomic E-state index is -1.22. The zero-order chi connectivity index (χ0) is 16.4. The Kier molecular flexibility index (Phi) is 4.52. The molecule has 1 aliphatic heterocycles. The Labute approximate surface area is 136 Å². The van der Waals surface area contributed by atoms with E-state index >= 15 is 0 Å². The highest BCUT2D eigenvalue weighted by atomic mass is 16.3. The zero-order valence-electron chi connectivity index (χ0n) is 13.6. The average Bonchev–Trinajstić information content (AvgIpc) is 3.01. The van der Waals surface area contributed by atoms with Gasteiger partial charge in [0.25, 0.3) is 0 Å². The van der Waals surface area contributed by atoms with Crippen molar-refractivity contribution in [3.05, 3.63) is 48.3 Å². The Bertz CT molecular complexity index is 641. The number of aryl methyl sites for hydroxylation is 1. The smallest absolute Gasteiger partial charge is 0.376 e. The molecule has 3 rings (SSSR count). The molecular formula is C16H23BN4O2. The van der Waals surface area contributed by atoms with Crippen LogP contribution in [0.2, 0.25) is 6.82 Å². The van der Waals surface area contributed by atoms with E-state index in [4.69, 9.17) is 0 Å². The van der Waals surface area contributed by atoms with Crippen molar-refractivity contribution < 1.29 is 10.1 Å². The summed E-state index contributed by atoms with van der Waals surface area (Å²) in [6, 6.07) is 5.59. The normalized spacial score (nSPS) is 19.5. The van der Waals surface area contributed by atoms with Crippen LogP contribution in [0.15, 0.2) is 36.8 Å². The van der Waals surface area contributed by atoms with Gasteiger partial charge >= 0.3 is 7.05 Å². The Morgan fingerprint density at radius 2 is 1.96 bits per heavy atom. The molecule has 1 aliphatic rings. The monoisotopic (exact) mass is 314 g/mol. The second-order valence-corrected chi connectivity index (χ2v) is 6.29. The van der Waals surface area contributed by atoms with Crippen molar-refractivity contribution >= 4 is 7.05 Å². The fourth-order valence-corrected chi connectivity index (χ4v) is 3.52. The molecule has 2 aromatic rings. The summed E-state index contributed by atoms with van der Waals surface area (Å²) >= 11 is 0. The second kappa shape index (κ2) is 6.43. The fourth-order valence-electron chi connectivity index (χ4n) is 3.52. The molecule has 0 saturated carbocycles. The Balaban J connectivity index is 1.96. The summed E-state index contributed by atoms with van der Waals surface area (Å²) < 4.78 is 1.86. The van der Waals surface area contributed by atoms with Gasteiger partial charge in [-0.15, -0.1) is 0 Å². The van der Waals surface area contributed by atoms with Crippen LogP contribution in [0.4, 0.5) is 0 Å². The van der Waals surface area contributed by atoms with E-state index in [2.05, 4.69) is 9.97 Å². The summed E-state index contributed by atoms with van der Waals surface area (Å²) in [7, 11) is 1.44. The van der Waals surface area contributed by atoms with Gasteiger partial charge < -0.3 is 19.5 Å². The number of imidazole rings is 1. The summed E-state index contributed by atoms with van der Waals surface area (Å²) in [5.74, 6) is 0.625. The third-order valence-corrected chi connectivity index (χ3v) is 4.87. The minimum Gasteiger partial charge on any atom is -0.437 e. The molecule has 6 nitrogen and oxygen atoms in total. The highest BCUT2D eigenvalue weighted by molar-refractivity contribution is 6.45. The maximum absolute atomic E-state index is 11.6. The minimum absolute atomic E-state index is 0.00787. The van der Waals surface area contributed by atoms with Crippen molar-refractivity contribution in [1.82, 2.24) is 19.3 Å². The molecule has 0 amide bonds. The number of nitrogens with zero attached hydrogens (tertiary/aromatic N) is 4. The fraction of sp³-hybridized carbons (Fsp3) is 0.500. The third-order valence-electron chi connectivity index (χ3n) is 4.87. The van der Waals surface area contributed by atoms with Gasteiger partial charge in [0.15, 0.2) is 5.60 Å². The average molecular weight is 314 g/mol. The first-order valence-electron chi connectivity index (χ1n) is 8.07. The van der Waals surface area contributed by atoms with E-state index in [1.807, 2.05) is 40.8 Å². The van der Waals surface area contributed by atoms with Crippen LogP contribution in [0.25, 0.3) is 0 Å². The van der Waals surface area contributed by atoms with Gasteiger partial charge in [0, 0.05) is 31.6 Å². The Morgan fingerprint density at radius 3 is 2.48 bits per heavy atom. The van der Waals surface area contributed by atoms with Gasteiger partial charge in [-0.1, -0.05) is 6.07 Å². The first-order valence-corrected chi connectivity index (χ1v) is 8.07. The number of hydrogen-bond acceptors (Lipinski definition) is 5. The van der Waals surface area contributed by atoms with Gasteiger partial charge in [-0.3, -0.25) is 4.98 Å². The molecule has 1 atom stereocenters. The van der Waals surface area contributed by atoms with Crippen molar-refractivity contribution in [2.75, 3.05) is 13.1 Å². The Hall–Kier alpha value is -1.70. The lowest BCUT2D eigenvalue weighted by Crippen LogP contribution is -2.49. The van der Waals surface area contributed by atoms with Crippen LogP contribution in [0.3, 0.4) is 0 Å². The molecule has 3 heterocycles. The number of hydrogen-bond donors (Lipinski definition) is 2. The number of aliphatic hydroxyl groups is 1. The lowest BCUT2D eigenvalue weighted by atomic mass is 9.74. The molecule has 23 heavy (non-hydrogen) atoms. The standard InChI is InChI=1S/C16H23BN4O2/c1-17(23)21-10-6-13(7-11-21)16(22,14-5-3-4-8-18-14)15-19-9-12-20(15)2/h3-5,8-9,12-13,22-23H,6-7,10-11H2,1-2H3. The highest BCUT2D eigenvalue weighted by Gasteiger charge is 2.45. The predicted octanol–water partition coefficient (Wildman–Crippen LogP) is 0.873. The lowest BCUT2D eigenvalue weighted by Gasteiger charge is -2.41. The molecule has 2 aromatic heterocycles. The van der Waals surface area contributed by atoms with Gasteiger partial charge in [-0.25, -0.2) is 4.98 Å². The van der Waals surface area contributed by atoms with Crippen molar-refractivity contribution in [2.45, 2.75) is 25.3 Å². The first kappa shape index (κ1) is 16.2. The molecular weight excluding hydrogens is 291 g/mol. The molecule has 0 bridgehead atoms. The van der Waals surface area contributed by atoms with Crippen molar-refractivity contribution in [1.29, 1.82) is 0 Å². The topological polar surface area (TPSA) is 74.4 Å². The molecule has 0 radical (unpaired) electrons. The van der Waals surface area contributed by atoms with Gasteiger partial charge in [0.1, 0.15) is 5.82 Å². The van der Waals surface area contributed by atoms with E-state index in [1.165, 1.54) is 0 Å². The molecule has 1 saturated heterocycles. The highest BCUT2D eigenvalue weighted by Crippen LogP contribution is 2.40. The van der Waals surface area contributed by atoms with E-state index in [-0.39, 0.29) is 5.92 Å². The quantitative estimate of drug-likeness (QED) is 0.819. The van der Waals surface area contributed by atoms with Crippen LogP contribution in [0, 0.1) is 5.92 Å². The van der Waals surface area contributed by atoms with Crippen LogP contribution < -0.4 is 0 Å². The summed E-state index contributed by atoms with van der Waals surface area (Å²) in [4.78, 5) is 10.8. The molecule has 0 aliphatic carbocycles. The van der Waals surface area contributed by atoms with Crippen LogP contribution in [-0.4, -0.2) is 49.6 Å². The van der Waals surface area contributed by atoms with Crippen molar-refractivity contribution in [2.24, 2.45) is 13.0 Å². The maximum atomic E-state index is 11.6. The van der Waals surface area contributed by atoms with E-state index in [0.29, 0.717) is 11.5 Å². The molecule has 1 unspecified atom stereocenters. The molecule has 0 aromatic carbocycles. The Morgan fingerprint density at radius 1 is 1.22 bits per heavy atom. The summed E-state index contributed by atoms with van der Waals surface area (Å²) in [5, 5.41) is 21.4. The van der Waals surface area contributed by atoms with Gasteiger partial charge in [-0.2, -0.15) is 0 Å². The van der Waals surface area contributed by atoms with Crippen molar-refractivity contribution in [3.63, 3.8) is 0 Å². The number of rotatable bonds is 4. The largest absolute Gasteiger partial charge is 0.437 e. The molecule has 0 spiro atoms. The second-order valence-electron chi connectivity index (χ2n) is 6.29.